The highest BCUT2D eigenvalue weighted by Crippen LogP contribution is 2.46. The fraction of sp³-hybridized carbons (Fsp3) is 0.538. The van der Waals surface area contributed by atoms with Gasteiger partial charge in [-0.3, -0.25) is 9.59 Å². The van der Waals surface area contributed by atoms with Crippen LogP contribution in [0.4, 0.5) is 17.6 Å². The summed E-state index contributed by atoms with van der Waals surface area (Å²) in [4.78, 5) is 26.3. The molecule has 0 aromatic heterocycles. The number of methoxy groups -OCH3 is 1. The van der Waals surface area contributed by atoms with Crippen molar-refractivity contribution < 1.29 is 41.7 Å². The number of aliphatic carboxylic acids is 1. The van der Waals surface area contributed by atoms with Crippen molar-refractivity contribution >= 4 is 17.4 Å². The third kappa shape index (κ3) is 6.77. The van der Waals surface area contributed by atoms with Crippen molar-refractivity contribution in [2.75, 3.05) is 47.2 Å². The second-order valence-corrected chi connectivity index (χ2v) is 9.11. The summed E-state index contributed by atoms with van der Waals surface area (Å²) in [5.74, 6) is -6.49. The zero-order valence-electron chi connectivity index (χ0n) is 20.8. The van der Waals surface area contributed by atoms with Crippen molar-refractivity contribution in [2.45, 2.75) is 43.6 Å². The van der Waals surface area contributed by atoms with Crippen LogP contribution in [0.3, 0.4) is 0 Å². The summed E-state index contributed by atoms with van der Waals surface area (Å²) in [5, 5.41) is 9.39. The molecule has 0 saturated carbocycles. The number of likely N-dealkylation sites (N-methyl/N-ethyl adjacent to an activating group) is 1. The quantitative estimate of drug-likeness (QED) is 0.291. The van der Waals surface area contributed by atoms with Gasteiger partial charge in [0.15, 0.2) is 6.67 Å². The van der Waals surface area contributed by atoms with Crippen LogP contribution >= 0.6 is 0 Å². The first-order valence-electron chi connectivity index (χ1n) is 12.0. The van der Waals surface area contributed by atoms with Crippen molar-refractivity contribution in [2.24, 2.45) is 0 Å². The topological polar surface area (TPSA) is 79.3 Å². The van der Waals surface area contributed by atoms with E-state index in [1.807, 2.05) is 18.2 Å². The van der Waals surface area contributed by atoms with E-state index in [-0.39, 0.29) is 12.5 Å². The molecule has 1 aromatic rings. The third-order valence-corrected chi connectivity index (χ3v) is 6.61. The molecule has 1 aromatic carbocycles. The van der Waals surface area contributed by atoms with Crippen LogP contribution in [-0.4, -0.2) is 92.4 Å². The van der Waals surface area contributed by atoms with Gasteiger partial charge in [-0.05, 0) is 42.2 Å². The van der Waals surface area contributed by atoms with Gasteiger partial charge in [-0.1, -0.05) is 36.4 Å². The number of alkyl halides is 4. The molecule has 0 aliphatic heterocycles. The van der Waals surface area contributed by atoms with E-state index >= 15 is 0 Å². The average Bonchev–Trinajstić information content (AvgIpc) is 3.20. The zero-order valence-corrected chi connectivity index (χ0v) is 20.8. The minimum atomic E-state index is -3.90. The van der Waals surface area contributed by atoms with Gasteiger partial charge in [0.1, 0.15) is 12.7 Å². The van der Waals surface area contributed by atoms with Gasteiger partial charge in [0.25, 0.3) is 5.92 Å². The molecule has 3 rings (SSSR count). The average molecular weight is 529 g/mol. The Morgan fingerprint density at radius 1 is 1.24 bits per heavy atom. The van der Waals surface area contributed by atoms with E-state index in [1.54, 1.807) is 0 Å². The maximum absolute atomic E-state index is 13.7. The molecule has 1 N–H and O–H groups in total. The Morgan fingerprint density at radius 2 is 1.97 bits per heavy atom. The van der Waals surface area contributed by atoms with Gasteiger partial charge < -0.3 is 19.5 Å². The van der Waals surface area contributed by atoms with Crippen molar-refractivity contribution in [1.29, 1.82) is 0 Å². The minimum Gasteiger partial charge on any atom is -0.481 e. The lowest BCUT2D eigenvalue weighted by Crippen LogP contribution is -2.55. The molecule has 0 saturated heterocycles. The first-order valence-corrected chi connectivity index (χ1v) is 12.0. The summed E-state index contributed by atoms with van der Waals surface area (Å²) in [6.45, 7) is -5.17. The maximum Gasteiger partial charge on any atom is 0.305 e. The largest absolute Gasteiger partial charge is 0.481 e. The highest BCUT2D eigenvalue weighted by molar-refractivity contribution is 5.86. The van der Waals surface area contributed by atoms with Crippen LogP contribution in [0.25, 0.3) is 5.57 Å². The van der Waals surface area contributed by atoms with Crippen LogP contribution in [0.2, 0.25) is 0 Å². The second-order valence-electron chi connectivity index (χ2n) is 9.11. The Hall–Kier alpha value is -2.76. The number of carbonyl (C=O) groups is 2. The molecular formula is C26H32F4N2O5. The molecule has 2 aliphatic rings. The lowest BCUT2D eigenvalue weighted by atomic mass is 9.93. The van der Waals surface area contributed by atoms with Crippen LogP contribution in [0.15, 0.2) is 42.0 Å². The number of allylic oxidation sites excluding steroid dienone is 3. The molecule has 3 atom stereocenters. The molecule has 1 amide bonds. The number of amides is 1. The number of hydrogen-bond donors (Lipinski definition) is 1. The first-order chi connectivity index (χ1) is 17.6. The predicted molar refractivity (Wildman–Crippen MR) is 129 cm³/mol. The number of carboxylic acids is 1. The maximum atomic E-state index is 13.7. The molecule has 0 fully saturated rings. The number of nitrogens with zero attached hydrogens (tertiary/aromatic N) is 2. The second kappa shape index (κ2) is 12.7. The summed E-state index contributed by atoms with van der Waals surface area (Å²) >= 11 is 0. The number of ether oxygens (including phenoxy) is 2. The Kier molecular flexibility index (Phi) is 9.86. The third-order valence-electron chi connectivity index (χ3n) is 6.61. The number of rotatable bonds is 14. The molecule has 7 nitrogen and oxygen atoms in total. The van der Waals surface area contributed by atoms with Gasteiger partial charge in [-0.25, -0.2) is 22.5 Å². The number of halogens is 4. The Morgan fingerprint density at radius 3 is 2.62 bits per heavy atom. The van der Waals surface area contributed by atoms with Gasteiger partial charge in [-0.15, -0.1) is 0 Å². The molecule has 2 aliphatic carbocycles. The van der Waals surface area contributed by atoms with Gasteiger partial charge in [-0.2, -0.15) is 0 Å². The SMILES string of the molecule is COC(OCC1C2=C(CCC=C2)c2ccccc21)N(C)[C@@H](CC(=O)O)C(=O)N(CCF)CC(F)(F)CF. The molecule has 11 heteroatoms. The lowest BCUT2D eigenvalue weighted by Gasteiger charge is -2.36. The van der Waals surface area contributed by atoms with Crippen LogP contribution in [0, 0.1) is 0 Å². The number of fused-ring (bicyclic) bond motifs is 2. The van der Waals surface area contributed by atoms with E-state index in [0.717, 1.165) is 29.5 Å². The van der Waals surface area contributed by atoms with Crippen LogP contribution < -0.4 is 0 Å². The summed E-state index contributed by atoms with van der Waals surface area (Å²) in [5.41, 5.74) is 4.58. The summed E-state index contributed by atoms with van der Waals surface area (Å²) in [6.07, 6.45) is 3.98. The van der Waals surface area contributed by atoms with Crippen molar-refractivity contribution in [3.8, 4) is 0 Å². The van der Waals surface area contributed by atoms with E-state index in [2.05, 4.69) is 18.2 Å². The summed E-state index contributed by atoms with van der Waals surface area (Å²) in [7, 11) is 2.66. The van der Waals surface area contributed by atoms with E-state index in [4.69, 9.17) is 9.47 Å². The Balaban J connectivity index is 1.79. The number of hydrogen-bond acceptors (Lipinski definition) is 5. The van der Waals surface area contributed by atoms with E-state index in [0.29, 0.717) is 4.90 Å². The summed E-state index contributed by atoms with van der Waals surface area (Å²) in [6, 6.07) is 6.44. The molecule has 0 radical (unpaired) electrons. The molecular weight excluding hydrogens is 496 g/mol. The zero-order chi connectivity index (χ0) is 27.2. The normalized spacial score (nSPS) is 18.5. The molecule has 0 spiro atoms. The number of carboxylic acid groups (broad SMARTS) is 1. The highest BCUT2D eigenvalue weighted by Gasteiger charge is 2.40. The van der Waals surface area contributed by atoms with Gasteiger partial charge in [0, 0.05) is 19.6 Å². The molecule has 2 unspecified atom stereocenters. The molecule has 37 heavy (non-hydrogen) atoms. The van der Waals surface area contributed by atoms with Crippen molar-refractivity contribution in [3.05, 3.63) is 53.1 Å². The number of carbonyl (C=O) groups excluding carboxylic acids is 1. The standard InChI is InChI=1S/C26H32F4N2O5/c1-31(22(13-23(33)34)24(35)32(12-11-27)16-26(29,30)15-28)25(36-2)37-14-21-19-9-5-3-7-17(19)18-8-4-6-10-20(18)21/h3,5-7,9-10,21-22,25H,4,8,11-16H2,1-2H3,(H,33,34)/t21?,22-,25?/m0/s1. The lowest BCUT2D eigenvalue weighted by molar-refractivity contribution is -0.218. The van der Waals surface area contributed by atoms with Crippen molar-refractivity contribution in [1.82, 2.24) is 9.80 Å². The van der Waals surface area contributed by atoms with E-state index in [9.17, 15) is 32.3 Å². The molecule has 0 bridgehead atoms. The Labute approximate surface area is 213 Å². The first kappa shape index (κ1) is 28.8. The van der Waals surface area contributed by atoms with Crippen LogP contribution in [0.5, 0.6) is 0 Å². The molecule has 0 heterocycles. The van der Waals surface area contributed by atoms with E-state index < -0.39 is 63.1 Å². The number of benzene rings is 1. The monoisotopic (exact) mass is 528 g/mol. The highest BCUT2D eigenvalue weighted by atomic mass is 19.3. The smallest absolute Gasteiger partial charge is 0.305 e. The Bertz CT molecular complexity index is 1030. The van der Waals surface area contributed by atoms with Crippen LogP contribution in [0.1, 0.15) is 36.3 Å². The molecule has 204 valence electrons. The van der Waals surface area contributed by atoms with Crippen LogP contribution in [-0.2, 0) is 19.1 Å². The van der Waals surface area contributed by atoms with Gasteiger partial charge in [0.05, 0.1) is 19.6 Å². The fourth-order valence-electron chi connectivity index (χ4n) is 4.87. The summed E-state index contributed by atoms with van der Waals surface area (Å²) < 4.78 is 64.6. The van der Waals surface area contributed by atoms with E-state index in [1.165, 1.54) is 24.6 Å². The minimum absolute atomic E-state index is 0.117. The fourth-order valence-corrected chi connectivity index (χ4v) is 4.87. The predicted octanol–water partition coefficient (Wildman–Crippen LogP) is 4.01. The van der Waals surface area contributed by atoms with Gasteiger partial charge in [0.2, 0.25) is 12.3 Å². The van der Waals surface area contributed by atoms with Crippen molar-refractivity contribution in [3.63, 3.8) is 0 Å². The van der Waals surface area contributed by atoms with Gasteiger partial charge >= 0.3 is 5.97 Å².